The van der Waals surface area contributed by atoms with Crippen LogP contribution in [0.3, 0.4) is 0 Å². The third-order valence-corrected chi connectivity index (χ3v) is 3.83. The van der Waals surface area contributed by atoms with Crippen LogP contribution in [0.15, 0.2) is 30.3 Å². The van der Waals surface area contributed by atoms with Gasteiger partial charge in [0, 0.05) is 0 Å². The third kappa shape index (κ3) is 10.8. The molecule has 30 heavy (non-hydrogen) atoms. The highest BCUT2D eigenvalue weighted by atomic mass is 16.6. The predicted molar refractivity (Wildman–Crippen MR) is 113 cm³/mol. The number of benzene rings is 1. The summed E-state index contributed by atoms with van der Waals surface area (Å²) in [5, 5.41) is 14.5. The topological polar surface area (TPSA) is 114 Å². The standard InChI is InChI=1S/C22H34N2O6/c1-21(2,3)12-16(24-20(28)30-22(4,5)6)18(25)23-17(19(26)27)14-29-13-15-10-8-7-9-11-15/h7-11,16-17H,12-14H2,1-6H3,(H,23,25)(H,24,28)(H,26,27)/t16-,17+/m1/s1. The summed E-state index contributed by atoms with van der Waals surface area (Å²) in [6, 6.07) is 7.11. The van der Waals surface area contributed by atoms with Crippen molar-refractivity contribution in [2.75, 3.05) is 6.61 Å². The minimum Gasteiger partial charge on any atom is -0.480 e. The van der Waals surface area contributed by atoms with Crippen LogP contribution in [0.2, 0.25) is 0 Å². The SMILES string of the molecule is CC(C)(C)C[C@@H](NC(=O)OC(C)(C)C)C(=O)N[C@@H](COCc1ccccc1)C(=O)O. The summed E-state index contributed by atoms with van der Waals surface area (Å²) in [7, 11) is 0. The second-order valence-electron chi connectivity index (χ2n) is 9.36. The van der Waals surface area contributed by atoms with E-state index in [1.54, 1.807) is 20.8 Å². The molecule has 1 rings (SSSR count). The van der Waals surface area contributed by atoms with E-state index in [0.717, 1.165) is 5.56 Å². The number of alkyl carbamates (subject to hydrolysis) is 1. The summed E-state index contributed by atoms with van der Waals surface area (Å²) in [5.74, 6) is -1.82. The zero-order valence-corrected chi connectivity index (χ0v) is 18.7. The van der Waals surface area contributed by atoms with Gasteiger partial charge in [-0.05, 0) is 38.2 Å². The van der Waals surface area contributed by atoms with Crippen molar-refractivity contribution in [3.05, 3.63) is 35.9 Å². The molecule has 168 valence electrons. The van der Waals surface area contributed by atoms with E-state index in [1.165, 1.54) is 0 Å². The molecule has 2 atom stereocenters. The van der Waals surface area contributed by atoms with Crippen LogP contribution in [0.5, 0.6) is 0 Å². The van der Waals surface area contributed by atoms with E-state index in [-0.39, 0.29) is 18.6 Å². The fourth-order valence-electron chi connectivity index (χ4n) is 2.59. The smallest absolute Gasteiger partial charge is 0.408 e. The van der Waals surface area contributed by atoms with Crippen molar-refractivity contribution in [2.24, 2.45) is 5.41 Å². The molecule has 0 saturated heterocycles. The Morgan fingerprint density at radius 1 is 0.967 bits per heavy atom. The van der Waals surface area contributed by atoms with Crippen molar-refractivity contribution in [1.29, 1.82) is 0 Å². The van der Waals surface area contributed by atoms with Gasteiger partial charge in [0.15, 0.2) is 6.04 Å². The Hall–Kier alpha value is -2.61. The lowest BCUT2D eigenvalue weighted by atomic mass is 9.87. The molecule has 0 aliphatic carbocycles. The molecule has 0 heterocycles. The molecule has 0 aromatic heterocycles. The van der Waals surface area contributed by atoms with Crippen LogP contribution in [-0.4, -0.2) is 47.4 Å². The minimum atomic E-state index is -1.25. The number of rotatable bonds is 9. The average molecular weight is 423 g/mol. The molecule has 0 saturated carbocycles. The molecule has 1 aromatic rings. The maximum absolute atomic E-state index is 12.8. The van der Waals surface area contributed by atoms with Crippen LogP contribution in [0.1, 0.15) is 53.5 Å². The van der Waals surface area contributed by atoms with Gasteiger partial charge in [0.25, 0.3) is 0 Å². The lowest BCUT2D eigenvalue weighted by molar-refractivity contribution is -0.144. The van der Waals surface area contributed by atoms with E-state index >= 15 is 0 Å². The Morgan fingerprint density at radius 3 is 2.07 bits per heavy atom. The highest BCUT2D eigenvalue weighted by Crippen LogP contribution is 2.21. The normalized spacial score (nSPS) is 13.8. The summed E-state index contributed by atoms with van der Waals surface area (Å²) in [4.78, 5) is 36.5. The van der Waals surface area contributed by atoms with Gasteiger partial charge in [0.1, 0.15) is 11.6 Å². The highest BCUT2D eigenvalue weighted by molar-refractivity contribution is 5.89. The fraction of sp³-hybridized carbons (Fsp3) is 0.591. The van der Waals surface area contributed by atoms with Gasteiger partial charge in [-0.25, -0.2) is 9.59 Å². The summed E-state index contributed by atoms with van der Waals surface area (Å²) in [6.45, 7) is 10.9. The number of hydrogen-bond donors (Lipinski definition) is 3. The first kappa shape index (κ1) is 25.4. The van der Waals surface area contributed by atoms with E-state index in [4.69, 9.17) is 9.47 Å². The molecule has 0 unspecified atom stereocenters. The number of carbonyl (C=O) groups excluding carboxylic acids is 2. The summed E-state index contributed by atoms with van der Waals surface area (Å²) >= 11 is 0. The average Bonchev–Trinajstić information content (AvgIpc) is 2.58. The van der Waals surface area contributed by atoms with Gasteiger partial charge in [-0.2, -0.15) is 0 Å². The monoisotopic (exact) mass is 422 g/mol. The molecular formula is C22H34N2O6. The Labute approximate surface area is 178 Å². The Bertz CT molecular complexity index is 707. The van der Waals surface area contributed by atoms with Gasteiger partial charge < -0.3 is 25.2 Å². The van der Waals surface area contributed by atoms with Crippen molar-refractivity contribution in [3.63, 3.8) is 0 Å². The molecule has 0 bridgehead atoms. The van der Waals surface area contributed by atoms with Gasteiger partial charge >= 0.3 is 12.1 Å². The van der Waals surface area contributed by atoms with Crippen LogP contribution in [0, 0.1) is 5.41 Å². The molecular weight excluding hydrogens is 388 g/mol. The first-order chi connectivity index (χ1) is 13.8. The minimum absolute atomic E-state index is 0.204. The Kier molecular flexibility index (Phi) is 9.29. The summed E-state index contributed by atoms with van der Waals surface area (Å²) in [5.41, 5.74) is -0.119. The Balaban J connectivity index is 2.76. The van der Waals surface area contributed by atoms with E-state index in [9.17, 15) is 19.5 Å². The quantitative estimate of drug-likeness (QED) is 0.563. The summed E-state index contributed by atoms with van der Waals surface area (Å²) < 4.78 is 10.7. The molecule has 0 aliphatic rings. The van der Waals surface area contributed by atoms with Gasteiger partial charge in [-0.3, -0.25) is 4.79 Å². The first-order valence-electron chi connectivity index (χ1n) is 9.91. The van der Waals surface area contributed by atoms with Crippen LogP contribution < -0.4 is 10.6 Å². The maximum Gasteiger partial charge on any atom is 0.408 e. The molecule has 0 radical (unpaired) electrons. The highest BCUT2D eigenvalue weighted by Gasteiger charge is 2.31. The second kappa shape index (κ2) is 11.0. The van der Waals surface area contributed by atoms with E-state index in [2.05, 4.69) is 10.6 Å². The fourth-order valence-corrected chi connectivity index (χ4v) is 2.59. The molecule has 2 amide bonds. The van der Waals surface area contributed by atoms with Crippen LogP contribution in [0.4, 0.5) is 4.79 Å². The van der Waals surface area contributed by atoms with E-state index in [0.29, 0.717) is 6.42 Å². The van der Waals surface area contributed by atoms with Gasteiger partial charge in [-0.1, -0.05) is 51.1 Å². The Morgan fingerprint density at radius 2 is 1.57 bits per heavy atom. The molecule has 0 fully saturated rings. The number of amides is 2. The number of hydrogen-bond acceptors (Lipinski definition) is 5. The predicted octanol–water partition coefficient (Wildman–Crippen LogP) is 3.10. The molecule has 1 aromatic carbocycles. The van der Waals surface area contributed by atoms with Crippen molar-refractivity contribution in [1.82, 2.24) is 10.6 Å². The lowest BCUT2D eigenvalue weighted by Crippen LogP contribution is -2.54. The number of aliphatic carboxylic acids is 1. The first-order valence-corrected chi connectivity index (χ1v) is 9.91. The molecule has 3 N–H and O–H groups in total. The number of carboxylic acid groups (broad SMARTS) is 1. The van der Waals surface area contributed by atoms with Crippen LogP contribution in [0.25, 0.3) is 0 Å². The molecule has 0 spiro atoms. The molecule has 0 aliphatic heterocycles. The summed E-state index contributed by atoms with van der Waals surface area (Å²) in [6.07, 6.45) is -0.436. The van der Waals surface area contributed by atoms with Crippen molar-refractivity contribution >= 4 is 18.0 Å². The second-order valence-corrected chi connectivity index (χ2v) is 9.36. The largest absolute Gasteiger partial charge is 0.480 e. The maximum atomic E-state index is 12.8. The van der Waals surface area contributed by atoms with Crippen LogP contribution in [-0.2, 0) is 25.7 Å². The van der Waals surface area contributed by atoms with Crippen molar-refractivity contribution in [2.45, 2.75) is 72.3 Å². The zero-order valence-electron chi connectivity index (χ0n) is 18.7. The number of carboxylic acids is 1. The molecule has 8 nitrogen and oxygen atoms in total. The molecule has 8 heteroatoms. The van der Waals surface area contributed by atoms with E-state index in [1.807, 2.05) is 51.1 Å². The van der Waals surface area contributed by atoms with Crippen molar-refractivity contribution < 1.29 is 29.0 Å². The van der Waals surface area contributed by atoms with Gasteiger partial charge in [0.05, 0.1) is 13.2 Å². The van der Waals surface area contributed by atoms with Gasteiger partial charge in [-0.15, -0.1) is 0 Å². The number of nitrogens with one attached hydrogen (secondary N) is 2. The van der Waals surface area contributed by atoms with Gasteiger partial charge in [0.2, 0.25) is 5.91 Å². The van der Waals surface area contributed by atoms with Crippen molar-refractivity contribution in [3.8, 4) is 0 Å². The number of ether oxygens (including phenoxy) is 2. The third-order valence-electron chi connectivity index (χ3n) is 3.83. The van der Waals surface area contributed by atoms with E-state index < -0.39 is 35.7 Å². The lowest BCUT2D eigenvalue weighted by Gasteiger charge is -2.28. The zero-order chi connectivity index (χ0) is 22.9. The van der Waals surface area contributed by atoms with Crippen LogP contribution >= 0.6 is 0 Å². The number of carbonyl (C=O) groups is 3.